The topological polar surface area (TPSA) is 52.6 Å². The molecule has 0 spiro atoms. The fraction of sp³-hybridized carbons (Fsp3) is 0.667. The first-order valence-corrected chi connectivity index (χ1v) is 9.45. The molecule has 1 aliphatic rings. The Balaban J connectivity index is 1.78. The minimum Gasteiger partial charge on any atom is -0.387 e. The number of carbonyl (C=O) groups is 1. The minimum atomic E-state index is -0.498. The fourth-order valence-corrected chi connectivity index (χ4v) is 4.14. The molecule has 1 saturated heterocycles. The molecule has 4 nitrogen and oxygen atoms in total. The highest BCUT2D eigenvalue weighted by Gasteiger charge is 2.24. The number of amides is 1. The van der Waals surface area contributed by atoms with Crippen molar-refractivity contribution < 1.29 is 9.90 Å². The molecule has 0 radical (unpaired) electrons. The van der Waals surface area contributed by atoms with E-state index in [1.807, 2.05) is 43.1 Å². The Bertz CT molecular complexity index is 433. The van der Waals surface area contributed by atoms with Gasteiger partial charge in [-0.2, -0.15) is 11.8 Å². The smallest absolute Gasteiger partial charge is 0.237 e. The van der Waals surface area contributed by atoms with Crippen molar-refractivity contribution in [2.24, 2.45) is 0 Å². The summed E-state index contributed by atoms with van der Waals surface area (Å²) < 4.78 is 0. The number of thioether (sulfide) groups is 1. The quantitative estimate of drug-likeness (QED) is 0.840. The Morgan fingerprint density at radius 3 is 2.76 bits per heavy atom. The molecule has 118 valence electrons. The van der Waals surface area contributed by atoms with Gasteiger partial charge in [0.2, 0.25) is 5.91 Å². The summed E-state index contributed by atoms with van der Waals surface area (Å²) in [6.07, 6.45) is 0.0523. The highest BCUT2D eigenvalue weighted by Crippen LogP contribution is 2.23. The van der Waals surface area contributed by atoms with E-state index >= 15 is 0 Å². The number of hydrogen-bond acceptors (Lipinski definition) is 5. The Morgan fingerprint density at radius 1 is 1.43 bits per heavy atom. The van der Waals surface area contributed by atoms with Crippen molar-refractivity contribution in [1.29, 1.82) is 0 Å². The standard InChI is InChI=1S/C15H24N2O2S2/c1-11(10-13(18)14-4-3-7-21-14)16-15(19)12(2)17-5-8-20-9-6-17/h3-4,7,11-13,18H,5-6,8-10H2,1-2H3,(H,16,19). The van der Waals surface area contributed by atoms with Gasteiger partial charge in [-0.25, -0.2) is 0 Å². The summed E-state index contributed by atoms with van der Waals surface area (Å²) in [5.74, 6) is 2.27. The van der Waals surface area contributed by atoms with Crippen LogP contribution in [0, 0.1) is 0 Å². The van der Waals surface area contributed by atoms with E-state index in [-0.39, 0.29) is 18.0 Å². The van der Waals surface area contributed by atoms with Gasteiger partial charge in [-0.15, -0.1) is 11.3 Å². The van der Waals surface area contributed by atoms with E-state index in [9.17, 15) is 9.90 Å². The Labute approximate surface area is 134 Å². The molecule has 0 saturated carbocycles. The van der Waals surface area contributed by atoms with Gasteiger partial charge in [0.1, 0.15) is 0 Å². The molecule has 1 aromatic rings. The summed E-state index contributed by atoms with van der Waals surface area (Å²) in [6, 6.07) is 3.74. The Hall–Kier alpha value is -0.560. The van der Waals surface area contributed by atoms with Gasteiger partial charge in [0.15, 0.2) is 0 Å². The summed E-state index contributed by atoms with van der Waals surface area (Å²) in [7, 11) is 0. The van der Waals surface area contributed by atoms with Gasteiger partial charge in [-0.05, 0) is 31.7 Å². The van der Waals surface area contributed by atoms with Crippen LogP contribution in [-0.2, 0) is 4.79 Å². The predicted molar refractivity (Wildman–Crippen MR) is 89.9 cm³/mol. The van der Waals surface area contributed by atoms with Gasteiger partial charge >= 0.3 is 0 Å². The third kappa shape index (κ3) is 4.98. The van der Waals surface area contributed by atoms with Crippen molar-refractivity contribution in [3.8, 4) is 0 Å². The number of hydrogen-bond donors (Lipinski definition) is 2. The van der Waals surface area contributed by atoms with Crippen molar-refractivity contribution in [3.63, 3.8) is 0 Å². The maximum Gasteiger partial charge on any atom is 0.237 e. The van der Waals surface area contributed by atoms with E-state index in [0.717, 1.165) is 29.5 Å². The van der Waals surface area contributed by atoms with E-state index in [1.165, 1.54) is 0 Å². The second-order valence-corrected chi connectivity index (χ2v) is 7.70. The van der Waals surface area contributed by atoms with Gasteiger partial charge < -0.3 is 10.4 Å². The number of thiophene rings is 1. The van der Waals surface area contributed by atoms with E-state index in [1.54, 1.807) is 11.3 Å². The largest absolute Gasteiger partial charge is 0.387 e. The number of carbonyl (C=O) groups excluding carboxylic acids is 1. The van der Waals surface area contributed by atoms with Crippen LogP contribution in [-0.4, -0.2) is 52.6 Å². The van der Waals surface area contributed by atoms with Crippen LogP contribution in [0.3, 0.4) is 0 Å². The molecule has 1 fully saturated rings. The van der Waals surface area contributed by atoms with E-state index in [4.69, 9.17) is 0 Å². The molecule has 1 aliphatic heterocycles. The third-order valence-electron chi connectivity index (χ3n) is 3.81. The summed E-state index contributed by atoms with van der Waals surface area (Å²) in [4.78, 5) is 15.5. The predicted octanol–water partition coefficient (Wildman–Crippen LogP) is 2.11. The monoisotopic (exact) mass is 328 g/mol. The molecule has 2 N–H and O–H groups in total. The van der Waals surface area contributed by atoms with Gasteiger partial charge in [-0.3, -0.25) is 9.69 Å². The van der Waals surface area contributed by atoms with E-state index in [0.29, 0.717) is 6.42 Å². The summed E-state index contributed by atoms with van der Waals surface area (Å²) in [5.41, 5.74) is 0. The highest BCUT2D eigenvalue weighted by molar-refractivity contribution is 7.99. The first kappa shape index (κ1) is 16.8. The van der Waals surface area contributed by atoms with Gasteiger partial charge in [0, 0.05) is 35.5 Å². The normalized spacial score (nSPS) is 20.7. The first-order valence-electron chi connectivity index (χ1n) is 7.41. The molecule has 3 unspecified atom stereocenters. The molecule has 6 heteroatoms. The van der Waals surface area contributed by atoms with Crippen LogP contribution in [0.1, 0.15) is 31.2 Å². The zero-order valence-electron chi connectivity index (χ0n) is 12.6. The average Bonchev–Trinajstić information content (AvgIpc) is 3.01. The van der Waals surface area contributed by atoms with Crippen LogP contribution in [0.2, 0.25) is 0 Å². The zero-order valence-corrected chi connectivity index (χ0v) is 14.3. The van der Waals surface area contributed by atoms with Gasteiger partial charge in [0.05, 0.1) is 12.1 Å². The maximum absolute atomic E-state index is 12.3. The maximum atomic E-state index is 12.3. The number of nitrogens with zero attached hydrogens (tertiary/aromatic N) is 1. The van der Waals surface area contributed by atoms with E-state index < -0.39 is 6.10 Å². The van der Waals surface area contributed by atoms with Crippen molar-refractivity contribution in [2.45, 2.75) is 38.5 Å². The van der Waals surface area contributed by atoms with Crippen LogP contribution in [0.5, 0.6) is 0 Å². The lowest BCUT2D eigenvalue weighted by Crippen LogP contribution is -2.50. The van der Waals surface area contributed by atoms with Crippen LogP contribution in [0.15, 0.2) is 17.5 Å². The second-order valence-electron chi connectivity index (χ2n) is 5.50. The molecular weight excluding hydrogens is 304 g/mol. The lowest BCUT2D eigenvalue weighted by Gasteiger charge is -2.32. The number of aliphatic hydroxyl groups is 1. The van der Waals surface area contributed by atoms with Crippen molar-refractivity contribution in [3.05, 3.63) is 22.4 Å². The van der Waals surface area contributed by atoms with Crippen molar-refractivity contribution >= 4 is 29.0 Å². The average molecular weight is 329 g/mol. The fourth-order valence-electron chi connectivity index (χ4n) is 2.48. The van der Waals surface area contributed by atoms with E-state index in [2.05, 4.69) is 10.2 Å². The van der Waals surface area contributed by atoms with Gasteiger partial charge in [0.25, 0.3) is 0 Å². The third-order valence-corrected chi connectivity index (χ3v) is 5.73. The van der Waals surface area contributed by atoms with Crippen LogP contribution in [0.25, 0.3) is 0 Å². The SMILES string of the molecule is CC(CC(O)c1cccs1)NC(=O)C(C)N1CCSCC1. The number of rotatable bonds is 6. The Morgan fingerprint density at radius 2 is 2.14 bits per heavy atom. The van der Waals surface area contributed by atoms with Crippen molar-refractivity contribution in [2.75, 3.05) is 24.6 Å². The second kappa shape index (κ2) is 8.17. The molecule has 1 amide bonds. The summed E-state index contributed by atoms with van der Waals surface area (Å²) >= 11 is 3.49. The summed E-state index contributed by atoms with van der Waals surface area (Å²) in [6.45, 7) is 5.87. The number of aliphatic hydroxyl groups excluding tert-OH is 1. The molecule has 3 atom stereocenters. The lowest BCUT2D eigenvalue weighted by molar-refractivity contribution is -0.126. The van der Waals surface area contributed by atoms with Gasteiger partial charge in [-0.1, -0.05) is 6.07 Å². The molecule has 0 aliphatic carbocycles. The van der Waals surface area contributed by atoms with Crippen molar-refractivity contribution in [1.82, 2.24) is 10.2 Å². The first-order chi connectivity index (χ1) is 10.1. The molecule has 2 heterocycles. The molecule has 2 rings (SSSR count). The highest BCUT2D eigenvalue weighted by atomic mass is 32.2. The lowest BCUT2D eigenvalue weighted by atomic mass is 10.1. The van der Waals surface area contributed by atoms with Crippen LogP contribution < -0.4 is 5.32 Å². The molecule has 0 aromatic carbocycles. The molecule has 21 heavy (non-hydrogen) atoms. The van der Waals surface area contributed by atoms with Crippen LogP contribution in [0.4, 0.5) is 0 Å². The number of nitrogens with one attached hydrogen (secondary N) is 1. The minimum absolute atomic E-state index is 0.0313. The molecule has 0 bridgehead atoms. The zero-order chi connectivity index (χ0) is 15.2. The Kier molecular flexibility index (Phi) is 6.54. The summed E-state index contributed by atoms with van der Waals surface area (Å²) in [5, 5.41) is 15.1. The molecule has 1 aromatic heterocycles. The molecular formula is C15H24N2O2S2. The van der Waals surface area contributed by atoms with Crippen LogP contribution >= 0.6 is 23.1 Å².